The number of nitrogens with one attached hydrogen (secondary N) is 1. The predicted octanol–water partition coefficient (Wildman–Crippen LogP) is 3.12. The first-order chi connectivity index (χ1) is 9.70. The summed E-state index contributed by atoms with van der Waals surface area (Å²) in [4.78, 5) is 4.21. The van der Waals surface area contributed by atoms with Crippen LogP contribution in [0.2, 0.25) is 0 Å². The van der Waals surface area contributed by atoms with E-state index >= 15 is 0 Å². The van der Waals surface area contributed by atoms with Crippen molar-refractivity contribution >= 4 is 0 Å². The Labute approximate surface area is 118 Å². The van der Waals surface area contributed by atoms with Crippen LogP contribution in [-0.2, 0) is 6.42 Å². The standard InChI is InChI=1S/C16H19FN2O/c1-12(18-2)15-7-6-14(11-16(15)17)20-10-8-13-5-3-4-9-19-13/h3-7,9,11-12,18H,8,10H2,1-2H3. The third kappa shape index (κ3) is 3.78. The fourth-order valence-corrected chi connectivity index (χ4v) is 1.92. The van der Waals surface area contributed by atoms with E-state index in [2.05, 4.69) is 10.3 Å². The summed E-state index contributed by atoms with van der Waals surface area (Å²) in [7, 11) is 1.81. The van der Waals surface area contributed by atoms with Crippen LogP contribution in [0.15, 0.2) is 42.6 Å². The lowest BCUT2D eigenvalue weighted by Gasteiger charge is -2.13. The van der Waals surface area contributed by atoms with Crippen LogP contribution in [0.1, 0.15) is 24.2 Å². The second-order valence-electron chi connectivity index (χ2n) is 4.61. The van der Waals surface area contributed by atoms with Crippen LogP contribution in [0, 0.1) is 5.82 Å². The number of ether oxygens (including phenoxy) is 1. The molecule has 0 spiro atoms. The molecular formula is C16H19FN2O. The fourth-order valence-electron chi connectivity index (χ4n) is 1.92. The Balaban J connectivity index is 1.92. The van der Waals surface area contributed by atoms with E-state index in [1.165, 1.54) is 6.07 Å². The average Bonchev–Trinajstić information content (AvgIpc) is 2.48. The van der Waals surface area contributed by atoms with Crippen LogP contribution in [0.25, 0.3) is 0 Å². The second kappa shape index (κ2) is 7.01. The SMILES string of the molecule is CNC(C)c1ccc(OCCc2ccccn2)cc1F. The van der Waals surface area contributed by atoms with Gasteiger partial charge < -0.3 is 10.1 Å². The number of pyridine rings is 1. The molecule has 0 saturated heterocycles. The van der Waals surface area contributed by atoms with Gasteiger partial charge in [0.05, 0.1) is 6.61 Å². The molecule has 1 unspecified atom stereocenters. The van der Waals surface area contributed by atoms with Crippen LogP contribution >= 0.6 is 0 Å². The molecule has 0 saturated carbocycles. The summed E-state index contributed by atoms with van der Waals surface area (Å²) in [5.41, 5.74) is 1.61. The zero-order chi connectivity index (χ0) is 14.4. The summed E-state index contributed by atoms with van der Waals surface area (Å²) < 4.78 is 19.5. The number of rotatable bonds is 6. The number of nitrogens with zero attached hydrogens (tertiary/aromatic N) is 1. The first-order valence-corrected chi connectivity index (χ1v) is 6.70. The highest BCUT2D eigenvalue weighted by Crippen LogP contribution is 2.21. The number of halogens is 1. The monoisotopic (exact) mass is 274 g/mol. The molecule has 0 bridgehead atoms. The molecule has 0 amide bonds. The normalized spacial score (nSPS) is 12.2. The minimum atomic E-state index is -0.248. The van der Waals surface area contributed by atoms with Crippen LogP contribution in [-0.4, -0.2) is 18.6 Å². The summed E-state index contributed by atoms with van der Waals surface area (Å²) in [6.07, 6.45) is 2.46. The van der Waals surface area contributed by atoms with Crippen molar-refractivity contribution in [3.8, 4) is 5.75 Å². The largest absolute Gasteiger partial charge is 0.493 e. The summed E-state index contributed by atoms with van der Waals surface area (Å²) in [5, 5.41) is 3.02. The van der Waals surface area contributed by atoms with Gasteiger partial charge in [0, 0.05) is 36.0 Å². The Hall–Kier alpha value is -1.94. The van der Waals surface area contributed by atoms with E-state index in [9.17, 15) is 4.39 Å². The second-order valence-corrected chi connectivity index (χ2v) is 4.61. The molecule has 1 heterocycles. The quantitative estimate of drug-likeness (QED) is 0.878. The van der Waals surface area contributed by atoms with Gasteiger partial charge in [-0.05, 0) is 32.2 Å². The van der Waals surface area contributed by atoms with Crippen LogP contribution in [0.4, 0.5) is 4.39 Å². The summed E-state index contributed by atoms with van der Waals surface area (Å²) in [6.45, 7) is 2.40. The summed E-state index contributed by atoms with van der Waals surface area (Å²) in [6, 6.07) is 10.7. The van der Waals surface area contributed by atoms with Gasteiger partial charge in [0.15, 0.2) is 0 Å². The lowest BCUT2D eigenvalue weighted by Crippen LogP contribution is -2.14. The summed E-state index contributed by atoms with van der Waals surface area (Å²) >= 11 is 0. The van der Waals surface area contributed by atoms with Crippen molar-refractivity contribution < 1.29 is 9.13 Å². The van der Waals surface area contributed by atoms with E-state index in [0.29, 0.717) is 24.3 Å². The van der Waals surface area contributed by atoms with Crippen molar-refractivity contribution in [3.05, 3.63) is 59.7 Å². The van der Waals surface area contributed by atoms with E-state index in [1.807, 2.05) is 25.1 Å². The van der Waals surface area contributed by atoms with E-state index in [0.717, 1.165) is 5.69 Å². The van der Waals surface area contributed by atoms with E-state index in [4.69, 9.17) is 4.74 Å². The highest BCUT2D eigenvalue weighted by atomic mass is 19.1. The van der Waals surface area contributed by atoms with Gasteiger partial charge in [-0.3, -0.25) is 4.98 Å². The van der Waals surface area contributed by atoms with E-state index in [1.54, 1.807) is 25.4 Å². The minimum Gasteiger partial charge on any atom is -0.493 e. The molecule has 1 aromatic heterocycles. The number of hydrogen-bond donors (Lipinski definition) is 1. The molecule has 1 atom stereocenters. The maximum Gasteiger partial charge on any atom is 0.131 e. The van der Waals surface area contributed by atoms with Gasteiger partial charge in [-0.15, -0.1) is 0 Å². The molecule has 0 aliphatic carbocycles. The van der Waals surface area contributed by atoms with Crippen molar-refractivity contribution in [1.29, 1.82) is 0 Å². The van der Waals surface area contributed by atoms with Crippen LogP contribution in [0.3, 0.4) is 0 Å². The first kappa shape index (κ1) is 14.5. The van der Waals surface area contributed by atoms with Crippen molar-refractivity contribution in [3.63, 3.8) is 0 Å². The molecule has 2 aromatic rings. The van der Waals surface area contributed by atoms with Gasteiger partial charge in [0.2, 0.25) is 0 Å². The number of hydrogen-bond acceptors (Lipinski definition) is 3. The van der Waals surface area contributed by atoms with E-state index < -0.39 is 0 Å². The Bertz CT molecular complexity index is 545. The molecule has 1 aromatic carbocycles. The van der Waals surface area contributed by atoms with Gasteiger partial charge in [-0.2, -0.15) is 0 Å². The Morgan fingerprint density at radius 3 is 2.80 bits per heavy atom. The van der Waals surface area contributed by atoms with Crippen molar-refractivity contribution in [2.45, 2.75) is 19.4 Å². The highest BCUT2D eigenvalue weighted by molar-refractivity contribution is 5.30. The average molecular weight is 274 g/mol. The molecule has 0 fully saturated rings. The Kier molecular flexibility index (Phi) is 5.07. The topological polar surface area (TPSA) is 34.1 Å². The number of aromatic nitrogens is 1. The maximum absolute atomic E-state index is 13.9. The predicted molar refractivity (Wildman–Crippen MR) is 77.3 cm³/mol. The molecule has 0 aliphatic rings. The van der Waals surface area contributed by atoms with E-state index in [-0.39, 0.29) is 11.9 Å². The first-order valence-electron chi connectivity index (χ1n) is 6.70. The number of benzene rings is 1. The third-order valence-corrected chi connectivity index (χ3v) is 3.22. The molecular weight excluding hydrogens is 255 g/mol. The van der Waals surface area contributed by atoms with Crippen LogP contribution < -0.4 is 10.1 Å². The van der Waals surface area contributed by atoms with Crippen molar-refractivity contribution in [2.75, 3.05) is 13.7 Å². The summed E-state index contributed by atoms with van der Waals surface area (Å²) in [5.74, 6) is 0.299. The van der Waals surface area contributed by atoms with Gasteiger partial charge in [0.25, 0.3) is 0 Å². The molecule has 4 heteroatoms. The molecule has 3 nitrogen and oxygen atoms in total. The zero-order valence-electron chi connectivity index (χ0n) is 11.8. The lowest BCUT2D eigenvalue weighted by molar-refractivity contribution is 0.318. The lowest BCUT2D eigenvalue weighted by atomic mass is 10.1. The molecule has 20 heavy (non-hydrogen) atoms. The molecule has 0 radical (unpaired) electrons. The van der Waals surface area contributed by atoms with Gasteiger partial charge >= 0.3 is 0 Å². The molecule has 0 aliphatic heterocycles. The molecule has 1 N–H and O–H groups in total. The third-order valence-electron chi connectivity index (χ3n) is 3.22. The molecule has 2 rings (SSSR count). The fraction of sp³-hybridized carbons (Fsp3) is 0.312. The van der Waals surface area contributed by atoms with Gasteiger partial charge in [0.1, 0.15) is 11.6 Å². The van der Waals surface area contributed by atoms with Crippen LogP contribution in [0.5, 0.6) is 5.75 Å². The zero-order valence-corrected chi connectivity index (χ0v) is 11.8. The smallest absolute Gasteiger partial charge is 0.131 e. The Morgan fingerprint density at radius 2 is 2.15 bits per heavy atom. The van der Waals surface area contributed by atoms with Gasteiger partial charge in [-0.25, -0.2) is 4.39 Å². The maximum atomic E-state index is 13.9. The van der Waals surface area contributed by atoms with Gasteiger partial charge in [-0.1, -0.05) is 12.1 Å². The highest BCUT2D eigenvalue weighted by Gasteiger charge is 2.09. The van der Waals surface area contributed by atoms with Crippen molar-refractivity contribution in [2.24, 2.45) is 0 Å². The Morgan fingerprint density at radius 1 is 1.30 bits per heavy atom. The molecule has 106 valence electrons. The minimum absolute atomic E-state index is 0.0161. The van der Waals surface area contributed by atoms with Crippen molar-refractivity contribution in [1.82, 2.24) is 10.3 Å².